The first-order valence-electron chi connectivity index (χ1n) is 6.91. The molecule has 5 heteroatoms. The van der Waals surface area contributed by atoms with Gasteiger partial charge in [0, 0.05) is 24.6 Å². The van der Waals surface area contributed by atoms with Crippen LogP contribution < -0.4 is 4.90 Å². The number of anilines is 1. The minimum Gasteiger partial charge on any atom is -0.443 e. The van der Waals surface area contributed by atoms with E-state index in [9.17, 15) is 4.79 Å². The number of imidazole rings is 1. The minimum absolute atomic E-state index is 0.280. The van der Waals surface area contributed by atoms with Gasteiger partial charge in [0.1, 0.15) is 11.2 Å². The largest absolute Gasteiger partial charge is 0.443 e. The highest BCUT2D eigenvalue weighted by Gasteiger charge is 2.28. The van der Waals surface area contributed by atoms with Crippen molar-refractivity contribution in [1.29, 1.82) is 0 Å². The summed E-state index contributed by atoms with van der Waals surface area (Å²) in [5.74, 6) is 0. The molecule has 0 spiro atoms. The van der Waals surface area contributed by atoms with Gasteiger partial charge in [-0.3, -0.25) is 4.90 Å². The number of aromatic nitrogens is 2. The lowest BCUT2D eigenvalue weighted by molar-refractivity contribution is 0.0577. The molecule has 20 heavy (non-hydrogen) atoms. The predicted molar refractivity (Wildman–Crippen MR) is 77.1 cm³/mol. The van der Waals surface area contributed by atoms with Crippen LogP contribution in [0.1, 0.15) is 32.9 Å². The van der Waals surface area contributed by atoms with E-state index in [1.54, 1.807) is 11.1 Å². The Morgan fingerprint density at radius 3 is 2.90 bits per heavy atom. The molecule has 106 valence electrons. The summed E-state index contributed by atoms with van der Waals surface area (Å²) in [4.78, 5) is 18.3. The smallest absolute Gasteiger partial charge is 0.414 e. The molecule has 0 radical (unpaired) electrons. The van der Waals surface area contributed by atoms with Gasteiger partial charge >= 0.3 is 6.09 Å². The topological polar surface area (TPSA) is 46.8 Å². The molecule has 0 fully saturated rings. The highest BCUT2D eigenvalue weighted by Crippen LogP contribution is 2.29. The molecule has 0 aliphatic carbocycles. The first kappa shape index (κ1) is 13.0. The molecule has 0 saturated carbocycles. The Morgan fingerprint density at radius 1 is 1.35 bits per heavy atom. The number of ether oxygens (including phenoxy) is 1. The Balaban J connectivity index is 1.99. The number of hydrogen-bond donors (Lipinski definition) is 0. The maximum Gasteiger partial charge on any atom is 0.414 e. The third kappa shape index (κ3) is 2.24. The Kier molecular flexibility index (Phi) is 2.92. The number of nitrogens with zero attached hydrogens (tertiary/aromatic N) is 3. The van der Waals surface area contributed by atoms with Crippen LogP contribution in [-0.4, -0.2) is 27.6 Å². The molecule has 0 saturated heterocycles. The molecule has 0 unspecified atom stereocenters. The van der Waals surface area contributed by atoms with Crippen molar-refractivity contribution in [3.8, 4) is 0 Å². The molecule has 2 aromatic heterocycles. The van der Waals surface area contributed by atoms with E-state index in [4.69, 9.17) is 4.74 Å². The quantitative estimate of drug-likeness (QED) is 0.741. The van der Waals surface area contributed by atoms with E-state index in [1.807, 2.05) is 43.5 Å². The minimum atomic E-state index is -0.478. The van der Waals surface area contributed by atoms with Gasteiger partial charge in [0.15, 0.2) is 0 Å². The van der Waals surface area contributed by atoms with Crippen LogP contribution >= 0.6 is 0 Å². The van der Waals surface area contributed by atoms with E-state index in [0.29, 0.717) is 6.54 Å². The number of pyridine rings is 1. The maximum absolute atomic E-state index is 12.3. The molecule has 1 aliphatic rings. The van der Waals surface area contributed by atoms with Crippen LogP contribution in [-0.2, 0) is 11.2 Å². The average molecular weight is 273 g/mol. The number of carbonyl (C=O) groups excluding carboxylic acids is 1. The van der Waals surface area contributed by atoms with Crippen LogP contribution in [0.25, 0.3) is 5.65 Å². The monoisotopic (exact) mass is 273 g/mol. The van der Waals surface area contributed by atoms with Crippen molar-refractivity contribution in [3.05, 3.63) is 30.2 Å². The summed E-state index contributed by atoms with van der Waals surface area (Å²) in [6, 6.07) is 3.89. The number of rotatable bonds is 0. The van der Waals surface area contributed by atoms with Crippen molar-refractivity contribution in [2.24, 2.45) is 0 Å². The van der Waals surface area contributed by atoms with Crippen LogP contribution in [0, 0.1) is 0 Å². The van der Waals surface area contributed by atoms with E-state index in [2.05, 4.69) is 4.98 Å². The average Bonchev–Trinajstić information content (AvgIpc) is 2.84. The molecule has 5 nitrogen and oxygen atoms in total. The summed E-state index contributed by atoms with van der Waals surface area (Å²) in [5.41, 5.74) is 2.48. The number of carbonyl (C=O) groups is 1. The summed E-state index contributed by atoms with van der Waals surface area (Å²) in [6.45, 7) is 6.35. The van der Waals surface area contributed by atoms with Gasteiger partial charge in [0.2, 0.25) is 0 Å². The maximum atomic E-state index is 12.3. The fourth-order valence-electron chi connectivity index (χ4n) is 2.57. The third-order valence-electron chi connectivity index (χ3n) is 3.35. The fraction of sp³-hybridized carbons (Fsp3) is 0.467. The van der Waals surface area contributed by atoms with Gasteiger partial charge in [-0.05, 0) is 45.7 Å². The van der Waals surface area contributed by atoms with Crippen molar-refractivity contribution in [1.82, 2.24) is 9.38 Å². The van der Waals surface area contributed by atoms with Gasteiger partial charge in [-0.15, -0.1) is 0 Å². The molecular formula is C15H19N3O2. The van der Waals surface area contributed by atoms with E-state index in [0.717, 1.165) is 29.9 Å². The van der Waals surface area contributed by atoms with Gasteiger partial charge in [-0.2, -0.15) is 0 Å². The zero-order valence-electron chi connectivity index (χ0n) is 12.1. The van der Waals surface area contributed by atoms with Crippen molar-refractivity contribution in [3.63, 3.8) is 0 Å². The second kappa shape index (κ2) is 4.51. The van der Waals surface area contributed by atoms with Crippen LogP contribution in [0.3, 0.4) is 0 Å². The molecular weight excluding hydrogens is 254 g/mol. The Bertz CT molecular complexity index is 655. The zero-order valence-corrected chi connectivity index (χ0v) is 12.1. The summed E-state index contributed by atoms with van der Waals surface area (Å²) < 4.78 is 7.54. The first-order chi connectivity index (χ1) is 9.46. The Labute approximate surface area is 118 Å². The molecule has 0 bridgehead atoms. The summed E-state index contributed by atoms with van der Waals surface area (Å²) >= 11 is 0. The van der Waals surface area contributed by atoms with Gasteiger partial charge in [-0.1, -0.05) is 0 Å². The molecule has 1 aliphatic heterocycles. The van der Waals surface area contributed by atoms with Crippen LogP contribution in [0.2, 0.25) is 0 Å². The lowest BCUT2D eigenvalue weighted by Crippen LogP contribution is -2.40. The number of aryl methyl sites for hydroxylation is 1. The lowest BCUT2D eigenvalue weighted by atomic mass is 10.1. The summed E-state index contributed by atoms with van der Waals surface area (Å²) in [7, 11) is 0. The second-order valence-electron chi connectivity index (χ2n) is 6.06. The van der Waals surface area contributed by atoms with Gasteiger partial charge in [-0.25, -0.2) is 9.78 Å². The van der Waals surface area contributed by atoms with E-state index < -0.39 is 5.60 Å². The van der Waals surface area contributed by atoms with Crippen molar-refractivity contribution in [2.75, 3.05) is 11.4 Å². The van der Waals surface area contributed by atoms with Gasteiger partial charge in [0.05, 0.1) is 5.69 Å². The van der Waals surface area contributed by atoms with Crippen molar-refractivity contribution < 1.29 is 9.53 Å². The molecule has 3 heterocycles. The van der Waals surface area contributed by atoms with Crippen molar-refractivity contribution >= 4 is 17.4 Å². The van der Waals surface area contributed by atoms with Crippen molar-refractivity contribution in [2.45, 2.75) is 39.2 Å². The fourth-order valence-corrected chi connectivity index (χ4v) is 2.57. The molecule has 3 rings (SSSR count). The lowest BCUT2D eigenvalue weighted by Gasteiger charge is -2.31. The normalized spacial score (nSPS) is 15.2. The van der Waals surface area contributed by atoms with Crippen LogP contribution in [0.15, 0.2) is 24.5 Å². The van der Waals surface area contributed by atoms with E-state index in [1.165, 1.54) is 0 Å². The van der Waals surface area contributed by atoms with E-state index >= 15 is 0 Å². The molecule has 0 N–H and O–H groups in total. The summed E-state index contributed by atoms with van der Waals surface area (Å²) in [6.07, 6.45) is 5.32. The van der Waals surface area contributed by atoms with Crippen LogP contribution in [0.5, 0.6) is 0 Å². The first-order valence-corrected chi connectivity index (χ1v) is 6.91. The van der Waals surface area contributed by atoms with Crippen LogP contribution in [0.4, 0.5) is 10.5 Å². The Morgan fingerprint density at radius 2 is 2.15 bits per heavy atom. The highest BCUT2D eigenvalue weighted by molar-refractivity contribution is 5.89. The zero-order chi connectivity index (χ0) is 14.3. The van der Waals surface area contributed by atoms with E-state index in [-0.39, 0.29) is 6.09 Å². The Hall–Kier alpha value is -2.04. The summed E-state index contributed by atoms with van der Waals surface area (Å²) in [5, 5.41) is 0. The molecule has 1 amide bonds. The van der Waals surface area contributed by atoms with Gasteiger partial charge in [0.25, 0.3) is 0 Å². The highest BCUT2D eigenvalue weighted by atomic mass is 16.6. The third-order valence-corrected chi connectivity index (χ3v) is 3.35. The van der Waals surface area contributed by atoms with Gasteiger partial charge < -0.3 is 9.14 Å². The molecule has 0 atom stereocenters. The standard InChI is InChI=1S/C15H19N3O2/c1-15(2,3)20-14(19)18-9-4-5-11-12(18)6-7-13-16-8-10-17(11)13/h6-8,10H,4-5,9H2,1-3H3. The number of fused-ring (bicyclic) bond motifs is 3. The SMILES string of the molecule is CC(C)(C)OC(=O)N1CCCc2c1ccc1nccn21. The number of hydrogen-bond acceptors (Lipinski definition) is 3. The number of amides is 1. The second-order valence-corrected chi connectivity index (χ2v) is 6.06. The molecule has 0 aromatic carbocycles. The predicted octanol–water partition coefficient (Wildman–Crippen LogP) is 3.02. The molecule has 2 aromatic rings.